The van der Waals surface area contributed by atoms with Crippen LogP contribution in [0.4, 0.5) is 5.69 Å². The van der Waals surface area contributed by atoms with Crippen LogP contribution in [-0.2, 0) is 9.53 Å². The summed E-state index contributed by atoms with van der Waals surface area (Å²) in [5.74, 6) is 0.898. The molecular weight excluding hydrogens is 408 g/mol. The molecule has 5 heteroatoms. The van der Waals surface area contributed by atoms with E-state index in [2.05, 4.69) is 48.8 Å². The smallest absolute Gasteiger partial charge is 0.311 e. The summed E-state index contributed by atoms with van der Waals surface area (Å²) in [6.07, 6.45) is 7.37. The van der Waals surface area contributed by atoms with Gasteiger partial charge in [-0.15, -0.1) is 0 Å². The van der Waals surface area contributed by atoms with Gasteiger partial charge in [0, 0.05) is 49.4 Å². The molecule has 5 atom stereocenters. The van der Waals surface area contributed by atoms with Gasteiger partial charge in [0.05, 0.1) is 5.92 Å². The van der Waals surface area contributed by atoms with Crippen LogP contribution in [0.1, 0.15) is 45.1 Å². The van der Waals surface area contributed by atoms with Crippen LogP contribution in [0.15, 0.2) is 29.8 Å². The lowest BCUT2D eigenvalue weighted by atomic mass is 9.59. The van der Waals surface area contributed by atoms with E-state index in [9.17, 15) is 4.79 Å². The van der Waals surface area contributed by atoms with Crippen molar-refractivity contribution >= 4 is 23.3 Å². The molecule has 4 nitrogen and oxygen atoms in total. The summed E-state index contributed by atoms with van der Waals surface area (Å²) in [5.41, 5.74) is 4.33. The van der Waals surface area contributed by atoms with Crippen LogP contribution < -0.4 is 4.90 Å². The zero-order chi connectivity index (χ0) is 21.8. The average Bonchev–Trinajstić information content (AvgIpc) is 3.02. The molecule has 1 aromatic rings. The zero-order valence-electron chi connectivity index (χ0n) is 19.1. The number of piperazine rings is 1. The van der Waals surface area contributed by atoms with E-state index in [-0.39, 0.29) is 29.3 Å². The molecule has 1 unspecified atom stereocenters. The molecule has 0 aromatic heterocycles. The fourth-order valence-corrected chi connectivity index (χ4v) is 6.80. The van der Waals surface area contributed by atoms with Crippen molar-refractivity contribution < 1.29 is 9.53 Å². The fourth-order valence-electron chi connectivity index (χ4n) is 6.63. The SMILES string of the molecule is Cc1ccc(Cl)cc1N1CCN(CC2C(=O)O[C@@H]3C[C@@]4(C)CCC[C@H](C)C4=C[C@H]23)CC1. The van der Waals surface area contributed by atoms with Gasteiger partial charge >= 0.3 is 5.97 Å². The van der Waals surface area contributed by atoms with Crippen LogP contribution in [-0.4, -0.2) is 49.7 Å². The quantitative estimate of drug-likeness (QED) is 0.482. The van der Waals surface area contributed by atoms with Crippen LogP contribution in [0, 0.1) is 30.1 Å². The highest BCUT2D eigenvalue weighted by atomic mass is 35.5. The van der Waals surface area contributed by atoms with Crippen LogP contribution >= 0.6 is 11.6 Å². The molecule has 0 spiro atoms. The lowest BCUT2D eigenvalue weighted by molar-refractivity contribution is -0.145. The molecule has 2 heterocycles. The van der Waals surface area contributed by atoms with Gasteiger partial charge in [0.15, 0.2) is 0 Å². The first-order valence-corrected chi connectivity index (χ1v) is 12.4. The third kappa shape index (κ3) is 3.91. The molecule has 5 rings (SSSR count). The van der Waals surface area contributed by atoms with E-state index >= 15 is 0 Å². The van der Waals surface area contributed by atoms with Crippen molar-refractivity contribution in [1.82, 2.24) is 4.90 Å². The molecule has 0 amide bonds. The molecule has 1 saturated carbocycles. The number of anilines is 1. The number of fused-ring (bicyclic) bond motifs is 2. The second kappa shape index (κ2) is 8.12. The molecule has 0 radical (unpaired) electrons. The van der Waals surface area contributed by atoms with Crippen molar-refractivity contribution in [2.75, 3.05) is 37.6 Å². The van der Waals surface area contributed by atoms with Crippen molar-refractivity contribution in [3.05, 3.63) is 40.4 Å². The Hall–Kier alpha value is -1.52. The third-order valence-corrected chi connectivity index (χ3v) is 8.66. The summed E-state index contributed by atoms with van der Waals surface area (Å²) in [7, 11) is 0. The first kappa shape index (κ1) is 21.3. The maximum Gasteiger partial charge on any atom is 0.311 e. The van der Waals surface area contributed by atoms with E-state index in [0.717, 1.165) is 44.2 Å². The van der Waals surface area contributed by atoms with Crippen LogP contribution in [0.25, 0.3) is 0 Å². The van der Waals surface area contributed by atoms with Gasteiger partial charge in [-0.05, 0) is 55.2 Å². The molecule has 3 fully saturated rings. The Labute approximate surface area is 191 Å². The lowest BCUT2D eigenvalue weighted by Gasteiger charge is -2.46. The van der Waals surface area contributed by atoms with Gasteiger partial charge in [-0.3, -0.25) is 9.69 Å². The second-order valence-corrected chi connectivity index (χ2v) is 11.0. The Bertz CT molecular complexity index is 891. The normalized spacial score (nSPS) is 35.9. The minimum Gasteiger partial charge on any atom is -0.461 e. The number of hydrogen-bond acceptors (Lipinski definition) is 4. The summed E-state index contributed by atoms with van der Waals surface area (Å²) >= 11 is 6.23. The van der Waals surface area contributed by atoms with E-state index in [1.807, 2.05) is 6.07 Å². The van der Waals surface area contributed by atoms with Gasteiger partial charge < -0.3 is 9.64 Å². The standard InChI is InChI=1S/C26H35ClN2O2/c1-17-5-4-8-26(3)15-24-20(14-22(17)26)21(25(30)31-24)16-28-9-11-29(12-10-28)23-13-19(27)7-6-18(23)2/h6-7,13-14,17,20-21,24H,4-5,8-12,15-16H2,1-3H3/t17-,20+,21?,24+,26+/m0/s1. The molecule has 0 bridgehead atoms. The average molecular weight is 443 g/mol. The minimum atomic E-state index is -0.0179. The van der Waals surface area contributed by atoms with Crippen molar-refractivity contribution in [1.29, 1.82) is 0 Å². The topological polar surface area (TPSA) is 32.8 Å². The van der Waals surface area contributed by atoms with Crippen LogP contribution in [0.2, 0.25) is 5.02 Å². The number of carbonyl (C=O) groups is 1. The molecular formula is C26H35ClN2O2. The maximum atomic E-state index is 12.9. The molecule has 2 aliphatic carbocycles. The Morgan fingerprint density at radius 3 is 2.77 bits per heavy atom. The van der Waals surface area contributed by atoms with Crippen molar-refractivity contribution in [3.8, 4) is 0 Å². The Morgan fingerprint density at radius 2 is 2.00 bits per heavy atom. The van der Waals surface area contributed by atoms with E-state index in [1.54, 1.807) is 5.57 Å². The second-order valence-electron chi connectivity index (χ2n) is 10.6. The number of rotatable bonds is 3. The highest BCUT2D eigenvalue weighted by Gasteiger charge is 2.52. The number of ether oxygens (including phenoxy) is 1. The number of esters is 1. The third-order valence-electron chi connectivity index (χ3n) is 8.42. The number of halogens is 1. The van der Waals surface area contributed by atoms with Gasteiger partial charge in [0.1, 0.15) is 6.10 Å². The maximum absolute atomic E-state index is 12.9. The van der Waals surface area contributed by atoms with Gasteiger partial charge in [-0.2, -0.15) is 0 Å². The highest BCUT2D eigenvalue weighted by molar-refractivity contribution is 6.30. The van der Waals surface area contributed by atoms with E-state index in [0.29, 0.717) is 5.92 Å². The monoisotopic (exact) mass is 442 g/mol. The summed E-state index contributed by atoms with van der Waals surface area (Å²) in [6.45, 7) is 11.6. The first-order valence-electron chi connectivity index (χ1n) is 12.0. The fraction of sp³-hybridized carbons (Fsp3) is 0.654. The molecule has 2 aliphatic heterocycles. The van der Waals surface area contributed by atoms with Gasteiger partial charge in [-0.1, -0.05) is 49.6 Å². The number of benzene rings is 1. The number of hydrogen-bond donors (Lipinski definition) is 0. The molecule has 168 valence electrons. The Kier molecular flexibility index (Phi) is 5.58. The summed E-state index contributed by atoms with van der Waals surface area (Å²) in [6, 6.07) is 6.12. The minimum absolute atomic E-state index is 0.0179. The number of nitrogens with zero attached hydrogens (tertiary/aromatic N) is 2. The number of carbonyl (C=O) groups excluding carboxylic acids is 1. The highest BCUT2D eigenvalue weighted by Crippen LogP contribution is 2.54. The summed E-state index contributed by atoms with van der Waals surface area (Å²) in [5, 5.41) is 0.789. The molecule has 1 aromatic carbocycles. The predicted octanol–water partition coefficient (Wildman–Crippen LogP) is 5.08. The Morgan fingerprint density at radius 1 is 1.23 bits per heavy atom. The largest absolute Gasteiger partial charge is 0.461 e. The molecule has 31 heavy (non-hydrogen) atoms. The van der Waals surface area contributed by atoms with Gasteiger partial charge in [0.25, 0.3) is 0 Å². The van der Waals surface area contributed by atoms with Crippen LogP contribution in [0.3, 0.4) is 0 Å². The summed E-state index contributed by atoms with van der Waals surface area (Å²) in [4.78, 5) is 17.8. The predicted molar refractivity (Wildman–Crippen MR) is 126 cm³/mol. The number of allylic oxidation sites excluding steroid dienone is 1. The van der Waals surface area contributed by atoms with E-state index in [4.69, 9.17) is 16.3 Å². The van der Waals surface area contributed by atoms with E-state index < -0.39 is 0 Å². The van der Waals surface area contributed by atoms with Crippen molar-refractivity contribution in [2.24, 2.45) is 23.2 Å². The van der Waals surface area contributed by atoms with Crippen molar-refractivity contribution in [3.63, 3.8) is 0 Å². The molecule has 0 N–H and O–H groups in total. The molecule has 2 saturated heterocycles. The first-order chi connectivity index (χ1) is 14.8. The zero-order valence-corrected chi connectivity index (χ0v) is 19.8. The van der Waals surface area contributed by atoms with Crippen molar-refractivity contribution in [2.45, 2.75) is 52.6 Å². The van der Waals surface area contributed by atoms with E-state index in [1.165, 1.54) is 30.5 Å². The summed E-state index contributed by atoms with van der Waals surface area (Å²) < 4.78 is 5.95. The molecule has 4 aliphatic rings. The van der Waals surface area contributed by atoms with Crippen LogP contribution in [0.5, 0.6) is 0 Å². The Balaban J connectivity index is 1.27. The lowest BCUT2D eigenvalue weighted by Crippen LogP contribution is -2.49. The van der Waals surface area contributed by atoms with Gasteiger partial charge in [0.2, 0.25) is 0 Å². The van der Waals surface area contributed by atoms with Gasteiger partial charge in [-0.25, -0.2) is 0 Å². The number of aryl methyl sites for hydroxylation is 1.